The fourth-order valence-corrected chi connectivity index (χ4v) is 6.99. The molecule has 0 aliphatic carbocycles. The summed E-state index contributed by atoms with van der Waals surface area (Å²) in [5.41, 5.74) is 5.06. The predicted molar refractivity (Wildman–Crippen MR) is 235 cm³/mol. The maximum absolute atomic E-state index is 12.6. The highest BCUT2D eigenvalue weighted by Gasteiger charge is 2.27. The highest BCUT2D eigenvalue weighted by atomic mass is 35.5. The summed E-state index contributed by atoms with van der Waals surface area (Å²) in [4.78, 5) is 31.6. The molecule has 15 heteroatoms. The summed E-state index contributed by atoms with van der Waals surface area (Å²) in [6, 6.07) is 20.5. The van der Waals surface area contributed by atoms with Gasteiger partial charge in [-0.2, -0.15) is 0 Å². The first-order valence-electron chi connectivity index (χ1n) is 19.1. The minimum absolute atomic E-state index is 0.196. The lowest BCUT2D eigenvalue weighted by molar-refractivity contribution is -0.127. The van der Waals surface area contributed by atoms with Gasteiger partial charge in [0.1, 0.15) is 0 Å². The summed E-state index contributed by atoms with van der Waals surface area (Å²) in [7, 11) is 0. The Bertz CT molecular complexity index is 2340. The molecule has 5 aromatic rings. The number of aliphatic hydroxyl groups is 2. The van der Waals surface area contributed by atoms with E-state index in [1.165, 1.54) is 25.8 Å². The van der Waals surface area contributed by atoms with Crippen molar-refractivity contribution >= 4 is 69.5 Å². The van der Waals surface area contributed by atoms with Crippen molar-refractivity contribution in [2.24, 2.45) is 5.92 Å². The molecular weight excluding hydrogens is 848 g/mol. The molecule has 60 heavy (non-hydrogen) atoms. The van der Waals surface area contributed by atoms with Crippen molar-refractivity contribution in [1.29, 1.82) is 0 Å². The Morgan fingerprint density at radius 2 is 1.35 bits per heavy atom. The second kappa shape index (κ2) is 23.3. The predicted octanol–water partition coefficient (Wildman–Crippen LogP) is 10.8. The molecule has 1 saturated heterocycles. The van der Waals surface area contributed by atoms with Crippen molar-refractivity contribution in [1.82, 2.24) is 15.5 Å². The second-order valence-electron chi connectivity index (χ2n) is 14.1. The highest BCUT2D eigenvalue weighted by Crippen LogP contribution is 2.35. The molecule has 6 rings (SSSR count). The first-order valence-corrected chi connectivity index (χ1v) is 20.6. The zero-order valence-electron chi connectivity index (χ0n) is 33.5. The van der Waals surface area contributed by atoms with Crippen LogP contribution < -0.4 is 5.32 Å². The van der Waals surface area contributed by atoms with E-state index in [0.29, 0.717) is 66.4 Å². The van der Waals surface area contributed by atoms with E-state index in [1.807, 2.05) is 19.1 Å². The minimum atomic E-state index is -0.931. The number of benzene rings is 4. The molecule has 0 bridgehead atoms. The van der Waals surface area contributed by atoms with E-state index < -0.39 is 30.0 Å². The number of ether oxygens (including phenoxy) is 1. The van der Waals surface area contributed by atoms with Crippen LogP contribution in [0.1, 0.15) is 71.1 Å². The van der Waals surface area contributed by atoms with Gasteiger partial charge in [0, 0.05) is 34.4 Å². The van der Waals surface area contributed by atoms with Gasteiger partial charge in [0.25, 0.3) is 0 Å². The van der Waals surface area contributed by atoms with Crippen LogP contribution in [0.15, 0.2) is 77.2 Å². The van der Waals surface area contributed by atoms with Crippen LogP contribution in [0, 0.1) is 32.9 Å². The van der Waals surface area contributed by atoms with E-state index in [9.17, 15) is 19.8 Å². The Hall–Kier alpha value is -4.82. The molecule has 3 N–H and O–H groups in total. The van der Waals surface area contributed by atoms with Crippen molar-refractivity contribution in [3.05, 3.63) is 149 Å². The highest BCUT2D eigenvalue weighted by molar-refractivity contribution is 6.34. The molecule has 1 aliphatic heterocycles. The Balaban J connectivity index is 0.000000236. The van der Waals surface area contributed by atoms with Gasteiger partial charge in [-0.25, -0.2) is 9.69 Å². The zero-order chi connectivity index (χ0) is 43.9. The minimum Gasteiger partial charge on any atom is -0.420 e. The average Bonchev–Trinajstić information content (AvgIpc) is 3.98. The number of ketones is 1. The third-order valence-electron chi connectivity index (χ3n) is 9.80. The molecule has 0 saturated carbocycles. The van der Waals surface area contributed by atoms with E-state index >= 15 is 0 Å². The lowest BCUT2D eigenvalue weighted by Gasteiger charge is -2.21. The quantitative estimate of drug-likeness (QED) is 0.0830. The molecular formula is C45H45Cl4N5O6. The van der Waals surface area contributed by atoms with E-state index in [4.69, 9.17) is 68.7 Å². The van der Waals surface area contributed by atoms with Crippen LogP contribution in [0.2, 0.25) is 20.1 Å². The van der Waals surface area contributed by atoms with Gasteiger partial charge in [-0.3, -0.25) is 9.59 Å². The zero-order valence-corrected chi connectivity index (χ0v) is 36.5. The summed E-state index contributed by atoms with van der Waals surface area (Å²) in [6.45, 7) is 22.9. The molecule has 1 aliphatic rings. The number of Topliss-reactive ketones (excluding diaryl/α,β-unsaturated/α-hetero) is 1. The maximum atomic E-state index is 12.6. The molecule has 1 amide bonds. The molecule has 1 aromatic heterocycles. The first kappa shape index (κ1) is 47.9. The van der Waals surface area contributed by atoms with Crippen molar-refractivity contribution in [2.45, 2.75) is 71.5 Å². The van der Waals surface area contributed by atoms with Crippen LogP contribution >= 0.6 is 46.4 Å². The molecule has 2 heterocycles. The molecule has 0 spiro atoms. The van der Waals surface area contributed by atoms with Gasteiger partial charge in [-0.05, 0) is 106 Å². The number of hydrogen-bond acceptors (Lipinski definition) is 8. The third-order valence-corrected chi connectivity index (χ3v) is 11.2. The molecule has 11 nitrogen and oxygen atoms in total. The topological polar surface area (TPSA) is 144 Å². The Kier molecular flexibility index (Phi) is 18.5. The Morgan fingerprint density at radius 1 is 0.783 bits per heavy atom. The normalized spacial score (nSPS) is 13.9. The number of carbonyl (C=O) groups is 2. The van der Waals surface area contributed by atoms with Crippen LogP contribution in [0.3, 0.4) is 0 Å². The first-order chi connectivity index (χ1) is 28.6. The SMILES string of the molecule is C1CCOC1.[C-]#[N+]c1ccc(C[C@@H](C(=O)NCC(=O)c2cccc(Cl)c2)[C@H](C)O)c(C)c1Cl.[C-]#[N+]c1ccc(C[C@@H](c2nnc(-c3cccc(Cl)c3)o2)[C@H](C)O)c(C)c1Cl. The monoisotopic (exact) mass is 891 g/mol. The van der Waals surface area contributed by atoms with Crippen LogP contribution in [0.4, 0.5) is 11.4 Å². The summed E-state index contributed by atoms with van der Waals surface area (Å²) in [6.07, 6.45) is 1.61. The fraction of sp³-hybridized carbons (Fsp3) is 0.333. The van der Waals surface area contributed by atoms with Crippen LogP contribution in [0.25, 0.3) is 21.1 Å². The number of aliphatic hydroxyl groups excluding tert-OH is 2. The summed E-state index contributed by atoms with van der Waals surface area (Å²) in [5, 5.41) is 32.9. The van der Waals surface area contributed by atoms with Gasteiger partial charge in [0.05, 0.1) is 53.8 Å². The number of rotatable bonds is 12. The summed E-state index contributed by atoms with van der Waals surface area (Å²) < 4.78 is 10.8. The number of nitrogens with one attached hydrogen (secondary N) is 1. The van der Waals surface area contributed by atoms with Gasteiger partial charge in [-0.1, -0.05) is 88.9 Å². The molecule has 4 atom stereocenters. The van der Waals surface area contributed by atoms with E-state index in [0.717, 1.165) is 29.9 Å². The fourth-order valence-electron chi connectivity index (χ4n) is 6.15. The van der Waals surface area contributed by atoms with Gasteiger partial charge >= 0.3 is 0 Å². The molecule has 314 valence electrons. The number of hydrogen-bond donors (Lipinski definition) is 3. The van der Waals surface area contributed by atoms with Crippen LogP contribution in [-0.4, -0.2) is 64.1 Å². The lowest BCUT2D eigenvalue weighted by Crippen LogP contribution is -2.40. The molecule has 1 fully saturated rings. The number of nitrogens with zero attached hydrogens (tertiary/aromatic N) is 4. The number of amides is 1. The van der Waals surface area contributed by atoms with E-state index in [1.54, 1.807) is 68.4 Å². The van der Waals surface area contributed by atoms with Gasteiger partial charge in [0.2, 0.25) is 29.1 Å². The smallest absolute Gasteiger partial charge is 0.247 e. The van der Waals surface area contributed by atoms with Crippen molar-refractivity contribution in [3.63, 3.8) is 0 Å². The van der Waals surface area contributed by atoms with Gasteiger partial charge in [-0.15, -0.1) is 10.2 Å². The number of carbonyl (C=O) groups excluding carboxylic acids is 2. The Labute approximate surface area is 370 Å². The average molecular weight is 894 g/mol. The Morgan fingerprint density at radius 3 is 1.85 bits per heavy atom. The van der Waals surface area contributed by atoms with Crippen molar-refractivity contribution < 1.29 is 29.0 Å². The third kappa shape index (κ3) is 13.3. The van der Waals surface area contributed by atoms with Crippen molar-refractivity contribution in [2.75, 3.05) is 19.8 Å². The standard InChI is InChI=1S/C21H20Cl2N2O3.C20H17Cl2N3O2.C4H8O/c1-12-14(7-8-18(24-3)20(12)23)10-17(13(2)26)21(28)25-11-19(27)15-5-4-6-16(22)9-15;1-11-13(7-8-17(23-3)18(11)22)10-16(12(2)26)20-25-24-19(27-20)14-5-4-6-15(21)9-14;1-2-4-5-3-1/h4-9,13,17,26H,10-11H2,1-2H3,(H,25,28);4-9,12,16,26H,10H2,1-2H3;1-4H2/t13-,17+;12-,16+;/m00./s1. The van der Waals surface area contributed by atoms with Crippen LogP contribution in [0.5, 0.6) is 0 Å². The van der Waals surface area contributed by atoms with Crippen molar-refractivity contribution in [3.8, 4) is 11.5 Å². The maximum Gasteiger partial charge on any atom is 0.247 e. The lowest BCUT2D eigenvalue weighted by atomic mass is 9.91. The van der Waals surface area contributed by atoms with E-state index in [-0.39, 0.29) is 18.7 Å². The summed E-state index contributed by atoms with van der Waals surface area (Å²) >= 11 is 24.4. The number of halogens is 4. The molecule has 0 unspecified atom stereocenters. The van der Waals surface area contributed by atoms with Gasteiger partial charge in [0.15, 0.2) is 5.78 Å². The van der Waals surface area contributed by atoms with Crippen LogP contribution in [-0.2, 0) is 22.4 Å². The van der Waals surface area contributed by atoms with E-state index in [2.05, 4.69) is 25.2 Å². The largest absolute Gasteiger partial charge is 0.420 e. The molecule has 4 aromatic carbocycles. The second-order valence-corrected chi connectivity index (χ2v) is 15.7. The van der Waals surface area contributed by atoms with Gasteiger partial charge < -0.3 is 24.7 Å². The summed E-state index contributed by atoms with van der Waals surface area (Å²) in [5.74, 6) is -1.20. The number of aromatic nitrogens is 2. The molecule has 0 radical (unpaired) electrons.